The van der Waals surface area contributed by atoms with Crippen molar-refractivity contribution in [1.29, 1.82) is 0 Å². The maximum absolute atomic E-state index is 10.9. The Bertz CT molecular complexity index is 1370. The zero-order valence-electron chi connectivity index (χ0n) is 20.8. The number of H-pyrrole nitrogens is 1. The van der Waals surface area contributed by atoms with Gasteiger partial charge in [-0.15, -0.1) is 0 Å². The van der Waals surface area contributed by atoms with Crippen molar-refractivity contribution in [1.82, 2.24) is 15.0 Å². The first-order valence-corrected chi connectivity index (χ1v) is 12.6. The van der Waals surface area contributed by atoms with Gasteiger partial charge in [0.15, 0.2) is 17.3 Å². The molecule has 0 aliphatic carbocycles. The topological polar surface area (TPSA) is 113 Å². The van der Waals surface area contributed by atoms with Crippen LogP contribution in [0.1, 0.15) is 31.7 Å². The second-order valence-corrected chi connectivity index (χ2v) is 9.09. The van der Waals surface area contributed by atoms with Crippen LogP contribution in [0.3, 0.4) is 0 Å². The Labute approximate surface area is 215 Å². The first-order chi connectivity index (χ1) is 18.1. The summed E-state index contributed by atoms with van der Waals surface area (Å²) in [5.74, 6) is 2.96. The molecular weight excluding hydrogens is 470 g/mol. The van der Waals surface area contributed by atoms with Gasteiger partial charge in [-0.1, -0.05) is 24.3 Å². The van der Waals surface area contributed by atoms with E-state index in [0.717, 1.165) is 59.0 Å². The number of benzene rings is 2. The van der Waals surface area contributed by atoms with Crippen LogP contribution in [-0.4, -0.2) is 51.8 Å². The number of fused-ring (bicyclic) bond motifs is 1. The van der Waals surface area contributed by atoms with Crippen LogP contribution in [0.5, 0.6) is 11.5 Å². The van der Waals surface area contributed by atoms with E-state index < -0.39 is 5.97 Å². The molecule has 1 aliphatic rings. The molecule has 4 aromatic rings. The molecule has 2 aromatic carbocycles. The maximum Gasteiger partial charge on any atom is 0.303 e. The Morgan fingerprint density at radius 2 is 2.05 bits per heavy atom. The molecule has 3 N–H and O–H groups in total. The van der Waals surface area contributed by atoms with Gasteiger partial charge >= 0.3 is 5.97 Å². The number of carbonyl (C=O) groups is 1. The summed E-state index contributed by atoms with van der Waals surface area (Å²) in [6.07, 6.45) is 6.07. The molecule has 1 fully saturated rings. The third kappa shape index (κ3) is 6.11. The lowest BCUT2D eigenvalue weighted by atomic mass is 10.1. The van der Waals surface area contributed by atoms with E-state index in [0.29, 0.717) is 25.4 Å². The first kappa shape index (κ1) is 24.4. The fourth-order valence-corrected chi connectivity index (χ4v) is 4.60. The second-order valence-electron chi connectivity index (χ2n) is 9.09. The number of anilines is 3. The van der Waals surface area contributed by atoms with Gasteiger partial charge in [0.1, 0.15) is 17.7 Å². The summed E-state index contributed by atoms with van der Waals surface area (Å²) in [6, 6.07) is 15.7. The molecule has 0 radical (unpaired) electrons. The molecule has 0 amide bonds. The molecule has 37 heavy (non-hydrogen) atoms. The van der Waals surface area contributed by atoms with Crippen molar-refractivity contribution in [2.75, 3.05) is 29.9 Å². The predicted molar refractivity (Wildman–Crippen MR) is 143 cm³/mol. The quantitative estimate of drug-likeness (QED) is 0.273. The minimum absolute atomic E-state index is 0.0257. The highest BCUT2D eigenvalue weighted by Crippen LogP contribution is 2.30. The zero-order chi connectivity index (χ0) is 25.6. The van der Waals surface area contributed by atoms with Crippen LogP contribution < -0.4 is 19.7 Å². The number of hydrogen-bond acceptors (Lipinski definition) is 7. The van der Waals surface area contributed by atoms with Crippen LogP contribution in [0.15, 0.2) is 60.9 Å². The van der Waals surface area contributed by atoms with Crippen molar-refractivity contribution >= 4 is 34.3 Å². The SMILES string of the molecule is CCOc1ccccc1O[C@@H]1CCCN(c2cncc(Nc3cc4ccc(CCC(=O)O)cc4[nH]3)n2)C1. The molecule has 9 heteroatoms. The van der Waals surface area contributed by atoms with Crippen molar-refractivity contribution in [3.63, 3.8) is 0 Å². The minimum Gasteiger partial charge on any atom is -0.490 e. The molecule has 192 valence electrons. The molecule has 0 saturated carbocycles. The van der Waals surface area contributed by atoms with Gasteiger partial charge in [0.25, 0.3) is 0 Å². The lowest BCUT2D eigenvalue weighted by Crippen LogP contribution is -2.41. The van der Waals surface area contributed by atoms with Crippen LogP contribution >= 0.6 is 0 Å². The molecule has 5 rings (SSSR count). The monoisotopic (exact) mass is 501 g/mol. The van der Waals surface area contributed by atoms with Crippen LogP contribution in [-0.2, 0) is 11.2 Å². The van der Waals surface area contributed by atoms with Gasteiger partial charge in [0.2, 0.25) is 0 Å². The van der Waals surface area contributed by atoms with Gasteiger partial charge < -0.3 is 29.8 Å². The Morgan fingerprint density at radius 1 is 1.19 bits per heavy atom. The number of aromatic amines is 1. The highest BCUT2D eigenvalue weighted by molar-refractivity contribution is 5.85. The smallest absolute Gasteiger partial charge is 0.303 e. The van der Waals surface area contributed by atoms with Crippen LogP contribution in [0, 0.1) is 0 Å². The second kappa shape index (κ2) is 11.2. The number of aryl methyl sites for hydroxylation is 1. The molecular formula is C28H31N5O4. The number of piperidine rings is 1. The van der Waals surface area contributed by atoms with Crippen LogP contribution in [0.4, 0.5) is 17.5 Å². The number of carboxylic acid groups (broad SMARTS) is 1. The summed E-state index contributed by atoms with van der Waals surface area (Å²) in [5, 5.41) is 13.3. The molecule has 9 nitrogen and oxygen atoms in total. The summed E-state index contributed by atoms with van der Waals surface area (Å²) >= 11 is 0. The summed E-state index contributed by atoms with van der Waals surface area (Å²) in [6.45, 7) is 4.16. The van der Waals surface area contributed by atoms with E-state index in [1.165, 1.54) is 0 Å². The van der Waals surface area contributed by atoms with E-state index in [1.807, 2.05) is 55.5 Å². The Hall–Kier alpha value is -4.27. The highest BCUT2D eigenvalue weighted by atomic mass is 16.5. The number of nitrogens with zero attached hydrogens (tertiary/aromatic N) is 3. The molecule has 2 aromatic heterocycles. The van der Waals surface area contributed by atoms with Gasteiger partial charge in [-0.25, -0.2) is 4.98 Å². The van der Waals surface area contributed by atoms with Crippen LogP contribution in [0.2, 0.25) is 0 Å². The lowest BCUT2D eigenvalue weighted by molar-refractivity contribution is -0.136. The van der Waals surface area contributed by atoms with E-state index in [-0.39, 0.29) is 12.5 Å². The van der Waals surface area contributed by atoms with Gasteiger partial charge in [-0.2, -0.15) is 0 Å². The van der Waals surface area contributed by atoms with Crippen molar-refractivity contribution in [3.05, 3.63) is 66.5 Å². The number of rotatable bonds is 10. The summed E-state index contributed by atoms with van der Waals surface area (Å²) in [7, 11) is 0. The standard InChI is InChI=1S/C28H31N5O4/c1-2-36-23-7-3-4-8-24(23)37-21-6-5-13-33(18-21)27-17-29-16-26(32-27)31-25-15-20-11-9-19(10-12-28(34)35)14-22(20)30-25/h3-4,7-9,11,14-17,21,30H,2,5-6,10,12-13,18H2,1H3,(H,31,32)(H,34,35)/t21-/m1/s1. The summed E-state index contributed by atoms with van der Waals surface area (Å²) in [5.41, 5.74) is 1.92. The molecule has 1 atom stereocenters. The van der Waals surface area contributed by atoms with Crippen LogP contribution in [0.25, 0.3) is 10.9 Å². The number of nitrogens with one attached hydrogen (secondary N) is 2. The molecule has 1 saturated heterocycles. The molecule has 0 bridgehead atoms. The van der Waals surface area contributed by atoms with Gasteiger partial charge in [0, 0.05) is 23.9 Å². The Balaban J connectivity index is 1.26. The zero-order valence-corrected chi connectivity index (χ0v) is 20.8. The average molecular weight is 502 g/mol. The van der Waals surface area contributed by atoms with E-state index >= 15 is 0 Å². The average Bonchev–Trinajstić information content (AvgIpc) is 3.30. The van der Waals surface area contributed by atoms with Gasteiger partial charge in [-0.05, 0) is 56.0 Å². The van der Waals surface area contributed by atoms with Crippen molar-refractivity contribution in [3.8, 4) is 11.5 Å². The number of hydrogen-bond donors (Lipinski definition) is 3. The third-order valence-corrected chi connectivity index (χ3v) is 6.34. The number of ether oxygens (including phenoxy) is 2. The largest absolute Gasteiger partial charge is 0.490 e. The Kier molecular flexibility index (Phi) is 7.39. The predicted octanol–water partition coefficient (Wildman–Crippen LogP) is 5.17. The minimum atomic E-state index is -0.797. The van der Waals surface area contributed by atoms with Crippen molar-refractivity contribution in [2.24, 2.45) is 0 Å². The first-order valence-electron chi connectivity index (χ1n) is 12.6. The number of carboxylic acids is 1. The number of aromatic nitrogens is 3. The molecule has 1 aliphatic heterocycles. The van der Waals surface area contributed by atoms with Crippen molar-refractivity contribution < 1.29 is 19.4 Å². The maximum atomic E-state index is 10.9. The van der Waals surface area contributed by atoms with Crippen molar-refractivity contribution in [2.45, 2.75) is 38.7 Å². The van der Waals surface area contributed by atoms with E-state index in [9.17, 15) is 4.79 Å². The fourth-order valence-electron chi connectivity index (χ4n) is 4.60. The van der Waals surface area contributed by atoms with E-state index in [2.05, 4.69) is 20.2 Å². The van der Waals surface area contributed by atoms with Gasteiger partial charge in [0.05, 0.1) is 25.5 Å². The molecule has 0 spiro atoms. The molecule has 0 unspecified atom stereocenters. The number of para-hydroxylation sites is 2. The Morgan fingerprint density at radius 3 is 2.89 bits per heavy atom. The lowest BCUT2D eigenvalue weighted by Gasteiger charge is -2.33. The normalized spacial score (nSPS) is 15.5. The fraction of sp³-hybridized carbons (Fsp3) is 0.321. The third-order valence-electron chi connectivity index (χ3n) is 6.34. The van der Waals surface area contributed by atoms with E-state index in [4.69, 9.17) is 19.6 Å². The summed E-state index contributed by atoms with van der Waals surface area (Å²) in [4.78, 5) is 25.6. The van der Waals surface area contributed by atoms with Gasteiger partial charge in [-0.3, -0.25) is 9.78 Å². The van der Waals surface area contributed by atoms with E-state index in [1.54, 1.807) is 12.4 Å². The number of aliphatic carboxylic acids is 1. The highest BCUT2D eigenvalue weighted by Gasteiger charge is 2.24. The molecule has 3 heterocycles. The summed E-state index contributed by atoms with van der Waals surface area (Å²) < 4.78 is 12.0.